The molecule has 1 aromatic heterocycles. The van der Waals surface area contributed by atoms with Crippen LogP contribution < -0.4 is 5.32 Å². The van der Waals surface area contributed by atoms with Crippen LogP contribution in [-0.4, -0.2) is 6.04 Å². The standard InChI is InChI=1S/C18H16FNS/c19-14-4-7-16(13(10-14)11-20-15-5-6-15)17-3-1-2-12-8-9-21-18(12)17/h1-4,7-10,15,20H,5-6,11H2. The zero-order valence-corrected chi connectivity index (χ0v) is 12.4. The highest BCUT2D eigenvalue weighted by atomic mass is 32.1. The first-order valence-corrected chi connectivity index (χ1v) is 8.17. The third-order valence-corrected chi connectivity index (χ3v) is 4.96. The quantitative estimate of drug-likeness (QED) is 0.717. The first-order valence-electron chi connectivity index (χ1n) is 7.30. The Morgan fingerprint density at radius 1 is 1.10 bits per heavy atom. The Hall–Kier alpha value is -1.71. The molecule has 3 heteroatoms. The molecule has 1 heterocycles. The van der Waals surface area contributed by atoms with Crippen molar-refractivity contribution in [3.05, 3.63) is 59.2 Å². The fraction of sp³-hybridized carbons (Fsp3) is 0.222. The second-order valence-corrected chi connectivity index (χ2v) is 6.52. The summed E-state index contributed by atoms with van der Waals surface area (Å²) in [5.41, 5.74) is 3.38. The van der Waals surface area contributed by atoms with Gasteiger partial charge in [0.15, 0.2) is 0 Å². The van der Waals surface area contributed by atoms with Crippen molar-refractivity contribution in [2.45, 2.75) is 25.4 Å². The molecule has 0 aliphatic heterocycles. The minimum atomic E-state index is -0.162. The topological polar surface area (TPSA) is 12.0 Å². The molecule has 106 valence electrons. The number of benzene rings is 2. The van der Waals surface area contributed by atoms with E-state index in [0.717, 1.165) is 17.7 Å². The lowest BCUT2D eigenvalue weighted by molar-refractivity contribution is 0.620. The van der Waals surface area contributed by atoms with Crippen LogP contribution >= 0.6 is 11.3 Å². The van der Waals surface area contributed by atoms with Crippen molar-refractivity contribution < 1.29 is 4.39 Å². The van der Waals surface area contributed by atoms with Gasteiger partial charge in [-0.3, -0.25) is 0 Å². The summed E-state index contributed by atoms with van der Waals surface area (Å²) < 4.78 is 14.9. The maximum Gasteiger partial charge on any atom is 0.123 e. The predicted octanol–water partition coefficient (Wildman–Crippen LogP) is 4.96. The van der Waals surface area contributed by atoms with Crippen LogP contribution in [0.4, 0.5) is 4.39 Å². The van der Waals surface area contributed by atoms with E-state index >= 15 is 0 Å². The smallest absolute Gasteiger partial charge is 0.123 e. The summed E-state index contributed by atoms with van der Waals surface area (Å²) in [6, 6.07) is 14.2. The van der Waals surface area contributed by atoms with Crippen molar-refractivity contribution in [3.8, 4) is 11.1 Å². The molecule has 2 aromatic carbocycles. The zero-order chi connectivity index (χ0) is 14.2. The van der Waals surface area contributed by atoms with Gasteiger partial charge >= 0.3 is 0 Å². The number of halogens is 1. The lowest BCUT2D eigenvalue weighted by atomic mass is 9.98. The molecule has 0 amide bonds. The molecule has 0 spiro atoms. The van der Waals surface area contributed by atoms with Gasteiger partial charge in [0, 0.05) is 17.3 Å². The highest BCUT2D eigenvalue weighted by Crippen LogP contribution is 2.35. The first kappa shape index (κ1) is 13.0. The third kappa shape index (κ3) is 2.59. The van der Waals surface area contributed by atoms with Gasteiger partial charge in [0.1, 0.15) is 5.82 Å². The van der Waals surface area contributed by atoms with Gasteiger partial charge in [-0.1, -0.05) is 24.3 Å². The van der Waals surface area contributed by atoms with Crippen molar-refractivity contribution in [2.24, 2.45) is 0 Å². The van der Waals surface area contributed by atoms with E-state index in [1.54, 1.807) is 23.5 Å². The van der Waals surface area contributed by atoms with Crippen LogP contribution in [-0.2, 0) is 6.54 Å². The van der Waals surface area contributed by atoms with Crippen LogP contribution in [0.1, 0.15) is 18.4 Å². The Morgan fingerprint density at radius 2 is 2.00 bits per heavy atom. The molecule has 1 fully saturated rings. The summed E-state index contributed by atoms with van der Waals surface area (Å²) in [7, 11) is 0. The number of fused-ring (bicyclic) bond motifs is 1. The van der Waals surface area contributed by atoms with Crippen LogP contribution in [0.2, 0.25) is 0 Å². The molecule has 0 saturated heterocycles. The van der Waals surface area contributed by atoms with E-state index in [0.29, 0.717) is 6.04 Å². The molecule has 4 rings (SSSR count). The number of nitrogens with one attached hydrogen (secondary N) is 1. The molecule has 0 bridgehead atoms. The fourth-order valence-corrected chi connectivity index (χ4v) is 3.65. The van der Waals surface area contributed by atoms with Crippen molar-refractivity contribution in [2.75, 3.05) is 0 Å². The lowest BCUT2D eigenvalue weighted by Gasteiger charge is -2.12. The Kier molecular flexibility index (Phi) is 3.24. The average Bonchev–Trinajstić information content (AvgIpc) is 3.20. The summed E-state index contributed by atoms with van der Waals surface area (Å²) in [6.45, 7) is 0.736. The molecule has 21 heavy (non-hydrogen) atoms. The maximum atomic E-state index is 13.6. The minimum absolute atomic E-state index is 0.162. The van der Waals surface area contributed by atoms with E-state index in [4.69, 9.17) is 0 Å². The van der Waals surface area contributed by atoms with E-state index in [1.807, 2.05) is 6.07 Å². The molecule has 1 aliphatic rings. The summed E-state index contributed by atoms with van der Waals surface area (Å²) in [4.78, 5) is 0. The van der Waals surface area contributed by atoms with Crippen molar-refractivity contribution in [3.63, 3.8) is 0 Å². The van der Waals surface area contributed by atoms with Gasteiger partial charge in [-0.2, -0.15) is 0 Å². The second-order valence-electron chi connectivity index (χ2n) is 5.60. The van der Waals surface area contributed by atoms with Crippen LogP contribution in [0.15, 0.2) is 47.8 Å². The highest BCUT2D eigenvalue weighted by Gasteiger charge is 2.21. The Morgan fingerprint density at radius 3 is 2.86 bits per heavy atom. The largest absolute Gasteiger partial charge is 0.310 e. The van der Waals surface area contributed by atoms with Gasteiger partial charge in [0.25, 0.3) is 0 Å². The number of hydrogen-bond donors (Lipinski definition) is 1. The third-order valence-electron chi connectivity index (χ3n) is 3.99. The van der Waals surface area contributed by atoms with Gasteiger partial charge < -0.3 is 5.32 Å². The Balaban J connectivity index is 1.80. The van der Waals surface area contributed by atoms with Gasteiger partial charge in [0.2, 0.25) is 0 Å². The molecule has 0 atom stereocenters. The monoisotopic (exact) mass is 297 g/mol. The molecule has 3 aromatic rings. The maximum absolute atomic E-state index is 13.6. The Labute approximate surface area is 127 Å². The lowest BCUT2D eigenvalue weighted by Crippen LogP contribution is -2.16. The van der Waals surface area contributed by atoms with Crippen molar-refractivity contribution in [1.29, 1.82) is 0 Å². The average molecular weight is 297 g/mol. The van der Waals surface area contributed by atoms with Crippen LogP contribution in [0.5, 0.6) is 0 Å². The summed E-state index contributed by atoms with van der Waals surface area (Å²) in [6.07, 6.45) is 2.48. The molecule has 1 nitrogen and oxygen atoms in total. The van der Waals surface area contributed by atoms with Gasteiger partial charge in [-0.25, -0.2) is 4.39 Å². The molecule has 0 radical (unpaired) electrons. The van der Waals surface area contributed by atoms with E-state index in [1.165, 1.54) is 28.5 Å². The van der Waals surface area contributed by atoms with E-state index in [9.17, 15) is 4.39 Å². The zero-order valence-electron chi connectivity index (χ0n) is 11.6. The van der Waals surface area contributed by atoms with Crippen molar-refractivity contribution >= 4 is 21.4 Å². The summed E-state index contributed by atoms with van der Waals surface area (Å²) in [5.74, 6) is -0.162. The minimum Gasteiger partial charge on any atom is -0.310 e. The normalized spacial score (nSPS) is 14.7. The van der Waals surface area contributed by atoms with Gasteiger partial charge in [-0.05, 0) is 58.5 Å². The molecule has 1 aliphatic carbocycles. The highest BCUT2D eigenvalue weighted by molar-refractivity contribution is 7.17. The summed E-state index contributed by atoms with van der Waals surface area (Å²) >= 11 is 1.74. The van der Waals surface area contributed by atoms with Crippen LogP contribution in [0.25, 0.3) is 21.2 Å². The molecular weight excluding hydrogens is 281 g/mol. The Bertz CT molecular complexity index is 789. The van der Waals surface area contributed by atoms with E-state index < -0.39 is 0 Å². The van der Waals surface area contributed by atoms with Gasteiger partial charge in [-0.15, -0.1) is 11.3 Å². The summed E-state index contributed by atoms with van der Waals surface area (Å²) in [5, 5.41) is 6.85. The SMILES string of the molecule is Fc1ccc(-c2cccc3ccsc23)c(CNC2CC2)c1. The first-order chi connectivity index (χ1) is 10.3. The molecule has 1 saturated carbocycles. The van der Waals surface area contributed by atoms with Gasteiger partial charge in [0.05, 0.1) is 0 Å². The van der Waals surface area contributed by atoms with Crippen LogP contribution in [0.3, 0.4) is 0 Å². The van der Waals surface area contributed by atoms with Crippen LogP contribution in [0, 0.1) is 5.82 Å². The number of thiophene rings is 1. The second kappa shape index (κ2) is 5.24. The fourth-order valence-electron chi connectivity index (χ4n) is 2.72. The number of hydrogen-bond acceptors (Lipinski definition) is 2. The molecule has 0 unspecified atom stereocenters. The molecule has 1 N–H and O–H groups in total. The van der Waals surface area contributed by atoms with E-state index in [2.05, 4.69) is 35.0 Å². The molecular formula is C18H16FNS. The van der Waals surface area contributed by atoms with Crippen molar-refractivity contribution in [1.82, 2.24) is 5.32 Å². The number of rotatable bonds is 4. The predicted molar refractivity (Wildman–Crippen MR) is 87.1 cm³/mol. The van der Waals surface area contributed by atoms with E-state index in [-0.39, 0.29) is 5.82 Å².